The van der Waals surface area contributed by atoms with E-state index < -0.39 is 0 Å². The molecule has 1 N–H and O–H groups in total. The van der Waals surface area contributed by atoms with Crippen molar-refractivity contribution in [2.45, 2.75) is 25.7 Å². The molecule has 0 aliphatic heterocycles. The van der Waals surface area contributed by atoms with E-state index in [-0.39, 0.29) is 0 Å². The number of thiophene rings is 1. The zero-order chi connectivity index (χ0) is 13.4. The molecule has 0 saturated heterocycles. The van der Waals surface area contributed by atoms with E-state index in [9.17, 15) is 0 Å². The summed E-state index contributed by atoms with van der Waals surface area (Å²) >= 11 is 1.80. The van der Waals surface area contributed by atoms with Crippen molar-refractivity contribution < 1.29 is 0 Å². The Hall–Kier alpha value is -2.08. The molecule has 1 aliphatic carbocycles. The topological polar surface area (TPSA) is 63.6 Å². The largest absolute Gasteiger partial charge is 0.323 e. The van der Waals surface area contributed by atoms with Gasteiger partial charge in [0.1, 0.15) is 22.8 Å². The van der Waals surface area contributed by atoms with E-state index in [1.54, 1.807) is 36.3 Å². The monoisotopic (exact) mass is 283 g/mol. The van der Waals surface area contributed by atoms with Crippen LogP contribution in [0.4, 0.5) is 11.6 Å². The lowest BCUT2D eigenvalue weighted by atomic mass is 9.97. The van der Waals surface area contributed by atoms with E-state index in [0.29, 0.717) is 5.82 Å². The first-order chi connectivity index (χ1) is 9.92. The molecule has 3 aromatic heterocycles. The Bertz CT molecular complexity index is 753. The Labute approximate surface area is 120 Å². The molecule has 0 unspecified atom stereocenters. The summed E-state index contributed by atoms with van der Waals surface area (Å²) in [5, 5.41) is 4.43. The molecule has 0 aromatic carbocycles. The fourth-order valence-corrected chi connectivity index (χ4v) is 3.90. The summed E-state index contributed by atoms with van der Waals surface area (Å²) in [5.74, 6) is 1.55. The van der Waals surface area contributed by atoms with E-state index in [1.807, 2.05) is 0 Å². The fourth-order valence-electron chi connectivity index (χ4n) is 2.67. The van der Waals surface area contributed by atoms with Crippen LogP contribution in [0.5, 0.6) is 0 Å². The lowest BCUT2D eigenvalue weighted by Crippen LogP contribution is -2.01. The number of aryl methyl sites for hydroxylation is 2. The van der Waals surface area contributed by atoms with E-state index in [2.05, 4.69) is 25.3 Å². The van der Waals surface area contributed by atoms with Gasteiger partial charge in [-0.1, -0.05) is 0 Å². The molecule has 0 bridgehead atoms. The first kappa shape index (κ1) is 11.7. The summed E-state index contributed by atoms with van der Waals surface area (Å²) in [6.07, 6.45) is 11.5. The lowest BCUT2D eigenvalue weighted by molar-refractivity contribution is 0.700. The number of fused-ring (bicyclic) bond motifs is 3. The second-order valence-corrected chi connectivity index (χ2v) is 5.91. The Balaban J connectivity index is 1.85. The molecule has 4 rings (SSSR count). The van der Waals surface area contributed by atoms with Gasteiger partial charge in [-0.15, -0.1) is 11.3 Å². The standard InChI is InChI=1S/C14H13N5S/c1-2-4-10-9(3-1)12-13(17-8-18-14(12)20-10)19-11-7-15-5-6-16-11/h5-8H,1-4H2,(H,16,17,18,19). The number of rotatable bonds is 2. The number of aromatic nitrogens is 4. The molecule has 100 valence electrons. The van der Waals surface area contributed by atoms with Crippen LogP contribution in [0.25, 0.3) is 10.2 Å². The van der Waals surface area contributed by atoms with Crippen LogP contribution in [-0.2, 0) is 12.8 Å². The van der Waals surface area contributed by atoms with Crippen molar-refractivity contribution in [2.24, 2.45) is 0 Å². The van der Waals surface area contributed by atoms with Crippen LogP contribution in [0, 0.1) is 0 Å². The summed E-state index contributed by atoms with van der Waals surface area (Å²) < 4.78 is 0. The van der Waals surface area contributed by atoms with E-state index in [4.69, 9.17) is 0 Å². The van der Waals surface area contributed by atoms with Crippen LogP contribution in [0.2, 0.25) is 0 Å². The minimum Gasteiger partial charge on any atom is -0.323 e. The van der Waals surface area contributed by atoms with E-state index >= 15 is 0 Å². The van der Waals surface area contributed by atoms with Crippen molar-refractivity contribution in [3.05, 3.63) is 35.4 Å². The zero-order valence-corrected chi connectivity index (χ0v) is 11.7. The van der Waals surface area contributed by atoms with Crippen molar-refractivity contribution in [3.63, 3.8) is 0 Å². The van der Waals surface area contributed by atoms with Gasteiger partial charge < -0.3 is 5.32 Å². The normalized spacial score (nSPS) is 14.2. The maximum Gasteiger partial charge on any atom is 0.150 e. The Kier molecular flexibility index (Phi) is 2.81. The Morgan fingerprint density at radius 3 is 2.90 bits per heavy atom. The van der Waals surface area contributed by atoms with Crippen LogP contribution in [0.3, 0.4) is 0 Å². The predicted molar refractivity (Wildman–Crippen MR) is 79.4 cm³/mol. The maximum absolute atomic E-state index is 4.42. The van der Waals surface area contributed by atoms with Gasteiger partial charge in [-0.2, -0.15) is 0 Å². The van der Waals surface area contributed by atoms with Gasteiger partial charge in [0, 0.05) is 17.3 Å². The van der Waals surface area contributed by atoms with Crippen molar-refractivity contribution >= 4 is 33.2 Å². The highest BCUT2D eigenvalue weighted by Gasteiger charge is 2.19. The third-order valence-electron chi connectivity index (χ3n) is 3.56. The molecular formula is C14H13N5S. The Morgan fingerprint density at radius 2 is 2.00 bits per heavy atom. The molecule has 20 heavy (non-hydrogen) atoms. The van der Waals surface area contributed by atoms with Gasteiger partial charge in [-0.05, 0) is 31.2 Å². The maximum atomic E-state index is 4.42. The fraction of sp³-hybridized carbons (Fsp3) is 0.286. The zero-order valence-electron chi connectivity index (χ0n) is 10.8. The van der Waals surface area contributed by atoms with E-state index in [1.165, 1.54) is 29.7 Å². The highest BCUT2D eigenvalue weighted by Crippen LogP contribution is 2.38. The highest BCUT2D eigenvalue weighted by atomic mass is 32.1. The van der Waals surface area contributed by atoms with Crippen molar-refractivity contribution in [3.8, 4) is 0 Å². The second kappa shape index (κ2) is 4.79. The van der Waals surface area contributed by atoms with Gasteiger partial charge in [0.25, 0.3) is 0 Å². The van der Waals surface area contributed by atoms with Crippen molar-refractivity contribution in [1.82, 2.24) is 19.9 Å². The van der Waals surface area contributed by atoms with E-state index in [0.717, 1.165) is 22.5 Å². The summed E-state index contributed by atoms with van der Waals surface area (Å²) in [4.78, 5) is 19.7. The van der Waals surface area contributed by atoms with Crippen LogP contribution in [-0.4, -0.2) is 19.9 Å². The summed E-state index contributed by atoms with van der Waals surface area (Å²) in [7, 11) is 0. The third kappa shape index (κ3) is 1.92. The molecule has 0 radical (unpaired) electrons. The minimum atomic E-state index is 0.711. The van der Waals surface area contributed by atoms with Gasteiger partial charge in [0.2, 0.25) is 0 Å². The molecule has 0 saturated carbocycles. The molecule has 0 amide bonds. The van der Waals surface area contributed by atoms with Crippen LogP contribution < -0.4 is 5.32 Å². The van der Waals surface area contributed by atoms with Crippen LogP contribution in [0.15, 0.2) is 24.9 Å². The SMILES string of the molecule is c1cnc(Nc2ncnc3sc4c(c23)CCCC4)cn1. The quantitative estimate of drug-likeness (QED) is 0.783. The number of hydrogen-bond acceptors (Lipinski definition) is 6. The number of nitrogens with zero attached hydrogens (tertiary/aromatic N) is 4. The molecule has 3 aromatic rings. The van der Waals surface area contributed by atoms with Gasteiger partial charge in [0.15, 0.2) is 0 Å². The number of anilines is 2. The smallest absolute Gasteiger partial charge is 0.150 e. The molecule has 0 fully saturated rings. The molecule has 0 spiro atoms. The molecule has 5 nitrogen and oxygen atoms in total. The summed E-state index contributed by atoms with van der Waals surface area (Å²) in [6.45, 7) is 0. The molecule has 0 atom stereocenters. The third-order valence-corrected chi connectivity index (χ3v) is 4.76. The lowest BCUT2D eigenvalue weighted by Gasteiger charge is -2.12. The molecule has 6 heteroatoms. The van der Waals surface area contributed by atoms with Gasteiger partial charge in [-0.3, -0.25) is 4.98 Å². The Morgan fingerprint density at radius 1 is 1.05 bits per heavy atom. The van der Waals surface area contributed by atoms with Crippen molar-refractivity contribution in [1.29, 1.82) is 0 Å². The summed E-state index contributed by atoms with van der Waals surface area (Å²) in [6, 6.07) is 0. The average molecular weight is 283 g/mol. The number of nitrogens with one attached hydrogen (secondary N) is 1. The van der Waals surface area contributed by atoms with Gasteiger partial charge in [0.05, 0.1) is 11.6 Å². The first-order valence-corrected chi connectivity index (χ1v) is 7.52. The highest BCUT2D eigenvalue weighted by molar-refractivity contribution is 7.19. The second-order valence-electron chi connectivity index (χ2n) is 4.83. The predicted octanol–water partition coefficient (Wildman–Crippen LogP) is 3.10. The first-order valence-electron chi connectivity index (χ1n) is 6.70. The molecule has 1 aliphatic rings. The minimum absolute atomic E-state index is 0.711. The van der Waals surface area contributed by atoms with Gasteiger partial charge in [-0.25, -0.2) is 15.0 Å². The average Bonchev–Trinajstić information content (AvgIpc) is 2.88. The number of hydrogen-bond donors (Lipinski definition) is 1. The van der Waals surface area contributed by atoms with Crippen molar-refractivity contribution in [2.75, 3.05) is 5.32 Å². The van der Waals surface area contributed by atoms with Gasteiger partial charge >= 0.3 is 0 Å². The van der Waals surface area contributed by atoms with Crippen LogP contribution >= 0.6 is 11.3 Å². The molecular weight excluding hydrogens is 270 g/mol. The molecule has 3 heterocycles. The van der Waals surface area contributed by atoms with Crippen LogP contribution in [0.1, 0.15) is 23.3 Å². The summed E-state index contributed by atoms with van der Waals surface area (Å²) in [5.41, 5.74) is 1.42.